The maximum atomic E-state index is 13.4. The first kappa shape index (κ1) is 23.4. The highest BCUT2D eigenvalue weighted by Crippen LogP contribution is 2.49. The zero-order valence-corrected chi connectivity index (χ0v) is 20.6. The van der Waals surface area contributed by atoms with Crippen LogP contribution >= 0.6 is 0 Å². The molecule has 0 aromatic heterocycles. The van der Waals surface area contributed by atoms with Gasteiger partial charge in [0.25, 0.3) is 0 Å². The van der Waals surface area contributed by atoms with E-state index in [1.807, 2.05) is 48.5 Å². The third-order valence-electron chi connectivity index (χ3n) is 7.24. The second kappa shape index (κ2) is 9.38. The molecule has 0 heterocycles. The van der Waals surface area contributed by atoms with Gasteiger partial charge in [-0.1, -0.05) is 84.9 Å². The highest BCUT2D eigenvalue weighted by Gasteiger charge is 2.46. The fourth-order valence-corrected chi connectivity index (χ4v) is 5.31. The van der Waals surface area contributed by atoms with Gasteiger partial charge in [0, 0.05) is 12.0 Å². The quantitative estimate of drug-likeness (QED) is 0.270. The SMILES string of the molecule is COc1cc(OC)cc(C(C)(C(=O)O)C(c2cccc3ccccc23)c2cccc3ccccc23)c1. The number of rotatable bonds is 7. The fourth-order valence-electron chi connectivity index (χ4n) is 5.31. The van der Waals surface area contributed by atoms with E-state index in [1.165, 1.54) is 0 Å². The predicted octanol–water partition coefficient (Wildman–Crippen LogP) is 7.18. The minimum Gasteiger partial charge on any atom is -0.497 e. The summed E-state index contributed by atoms with van der Waals surface area (Å²) in [4.78, 5) is 13.4. The van der Waals surface area contributed by atoms with Crippen LogP contribution < -0.4 is 9.47 Å². The Kier molecular flexibility index (Phi) is 6.11. The molecule has 5 aromatic rings. The number of methoxy groups -OCH3 is 2. The topological polar surface area (TPSA) is 55.8 Å². The number of fused-ring (bicyclic) bond motifs is 2. The average Bonchev–Trinajstić information content (AvgIpc) is 2.92. The average molecular weight is 477 g/mol. The molecule has 1 atom stereocenters. The maximum absolute atomic E-state index is 13.4. The largest absolute Gasteiger partial charge is 0.497 e. The smallest absolute Gasteiger partial charge is 0.314 e. The number of hydrogen-bond donors (Lipinski definition) is 1. The van der Waals surface area contributed by atoms with E-state index in [0.29, 0.717) is 17.1 Å². The molecule has 1 unspecified atom stereocenters. The number of hydrogen-bond acceptors (Lipinski definition) is 3. The van der Waals surface area contributed by atoms with Gasteiger partial charge in [-0.2, -0.15) is 0 Å². The van der Waals surface area contributed by atoms with E-state index in [9.17, 15) is 9.90 Å². The lowest BCUT2D eigenvalue weighted by Gasteiger charge is -2.37. The molecule has 180 valence electrons. The standard InChI is InChI=1S/C32H28O4/c1-32(31(33)34,23-18-24(35-2)20-25(19-23)36-3)30(28-16-8-12-21-10-4-6-14-26(21)28)29-17-9-13-22-11-5-7-15-27(22)29/h4-20,30H,1-3H3,(H,33,34). The van der Waals surface area contributed by atoms with E-state index in [4.69, 9.17) is 9.47 Å². The molecule has 0 amide bonds. The van der Waals surface area contributed by atoms with Crippen molar-refractivity contribution >= 4 is 27.5 Å². The molecule has 0 spiro atoms. The van der Waals surface area contributed by atoms with Crippen LogP contribution in [0.15, 0.2) is 103 Å². The lowest BCUT2D eigenvalue weighted by atomic mass is 9.64. The maximum Gasteiger partial charge on any atom is 0.314 e. The molecule has 4 nitrogen and oxygen atoms in total. The summed E-state index contributed by atoms with van der Waals surface area (Å²) >= 11 is 0. The van der Waals surface area contributed by atoms with Crippen LogP contribution in [0.2, 0.25) is 0 Å². The van der Waals surface area contributed by atoms with E-state index in [1.54, 1.807) is 39.3 Å². The van der Waals surface area contributed by atoms with E-state index >= 15 is 0 Å². The Labute approximate surface area is 210 Å². The van der Waals surface area contributed by atoms with Gasteiger partial charge in [0.2, 0.25) is 0 Å². The molecule has 5 rings (SSSR count). The van der Waals surface area contributed by atoms with Crippen molar-refractivity contribution in [2.45, 2.75) is 18.3 Å². The summed E-state index contributed by atoms with van der Waals surface area (Å²) in [7, 11) is 3.15. The number of aliphatic carboxylic acids is 1. The van der Waals surface area contributed by atoms with E-state index < -0.39 is 17.3 Å². The van der Waals surface area contributed by atoms with Crippen LogP contribution in [0.3, 0.4) is 0 Å². The van der Waals surface area contributed by atoms with Crippen molar-refractivity contribution in [2.24, 2.45) is 0 Å². The second-order valence-corrected chi connectivity index (χ2v) is 9.18. The molecule has 0 bridgehead atoms. The molecule has 4 heteroatoms. The van der Waals surface area contributed by atoms with Crippen molar-refractivity contribution < 1.29 is 19.4 Å². The summed E-state index contributed by atoms with van der Waals surface area (Å²) in [5.74, 6) is -0.342. The van der Waals surface area contributed by atoms with Crippen molar-refractivity contribution in [3.63, 3.8) is 0 Å². The first-order valence-corrected chi connectivity index (χ1v) is 11.9. The zero-order chi connectivity index (χ0) is 25.3. The molecule has 0 saturated heterocycles. The van der Waals surface area contributed by atoms with Crippen molar-refractivity contribution in [1.29, 1.82) is 0 Å². The summed E-state index contributed by atoms with van der Waals surface area (Å²) < 4.78 is 11.1. The van der Waals surface area contributed by atoms with Crippen LogP contribution in [0.4, 0.5) is 0 Å². The van der Waals surface area contributed by atoms with Crippen molar-refractivity contribution in [2.75, 3.05) is 14.2 Å². The number of carboxylic acid groups (broad SMARTS) is 1. The predicted molar refractivity (Wildman–Crippen MR) is 144 cm³/mol. The highest BCUT2D eigenvalue weighted by molar-refractivity contribution is 5.94. The molecule has 0 aliphatic heterocycles. The third kappa shape index (κ3) is 3.85. The molecule has 0 radical (unpaired) electrons. The lowest BCUT2D eigenvalue weighted by molar-refractivity contribution is -0.143. The third-order valence-corrected chi connectivity index (χ3v) is 7.24. The molecule has 0 saturated carbocycles. The van der Waals surface area contributed by atoms with Crippen LogP contribution in [-0.4, -0.2) is 25.3 Å². The summed E-state index contributed by atoms with van der Waals surface area (Å²) in [6, 6.07) is 33.9. The number of carboxylic acids is 1. The van der Waals surface area contributed by atoms with Crippen LogP contribution in [0.5, 0.6) is 11.5 Å². The Bertz CT molecular complexity index is 1460. The molecule has 0 aliphatic rings. The number of carbonyl (C=O) groups is 1. The molecule has 0 fully saturated rings. The van der Waals surface area contributed by atoms with Crippen LogP contribution in [0.1, 0.15) is 29.5 Å². The summed E-state index contributed by atoms with van der Waals surface area (Å²) in [6.07, 6.45) is 0. The molecule has 1 N–H and O–H groups in total. The van der Waals surface area contributed by atoms with Gasteiger partial charge in [-0.05, 0) is 57.3 Å². The Balaban J connectivity index is 1.91. The zero-order valence-electron chi connectivity index (χ0n) is 20.6. The Morgan fingerprint density at radius 3 is 1.58 bits per heavy atom. The molecular weight excluding hydrogens is 448 g/mol. The monoisotopic (exact) mass is 476 g/mol. The molecule has 36 heavy (non-hydrogen) atoms. The summed E-state index contributed by atoms with van der Waals surface area (Å²) in [5, 5.41) is 15.2. The number of benzene rings is 5. The Morgan fingerprint density at radius 2 is 1.14 bits per heavy atom. The van der Waals surface area contributed by atoms with Gasteiger partial charge >= 0.3 is 5.97 Å². The van der Waals surface area contributed by atoms with Crippen LogP contribution in [0, 0.1) is 0 Å². The van der Waals surface area contributed by atoms with Crippen LogP contribution in [-0.2, 0) is 10.2 Å². The Morgan fingerprint density at radius 1 is 0.694 bits per heavy atom. The van der Waals surface area contributed by atoms with Crippen LogP contribution in [0.25, 0.3) is 21.5 Å². The van der Waals surface area contributed by atoms with Gasteiger partial charge in [0.15, 0.2) is 0 Å². The first-order chi connectivity index (χ1) is 17.5. The van der Waals surface area contributed by atoms with Gasteiger partial charge in [-0.3, -0.25) is 4.79 Å². The minimum absolute atomic E-state index is 0.510. The molecule has 0 aliphatic carbocycles. The second-order valence-electron chi connectivity index (χ2n) is 9.18. The van der Waals surface area contributed by atoms with Crippen molar-refractivity contribution in [1.82, 2.24) is 0 Å². The van der Waals surface area contributed by atoms with Crippen molar-refractivity contribution in [3.8, 4) is 11.5 Å². The fraction of sp³-hybridized carbons (Fsp3) is 0.156. The van der Waals surface area contributed by atoms with E-state index in [-0.39, 0.29) is 0 Å². The molecular formula is C32H28O4. The first-order valence-electron chi connectivity index (χ1n) is 11.9. The van der Waals surface area contributed by atoms with Gasteiger partial charge in [-0.15, -0.1) is 0 Å². The van der Waals surface area contributed by atoms with Gasteiger partial charge in [0.1, 0.15) is 16.9 Å². The lowest BCUT2D eigenvalue weighted by Crippen LogP contribution is -2.40. The van der Waals surface area contributed by atoms with Gasteiger partial charge in [-0.25, -0.2) is 0 Å². The van der Waals surface area contributed by atoms with Gasteiger partial charge in [0.05, 0.1) is 14.2 Å². The van der Waals surface area contributed by atoms with Crippen molar-refractivity contribution in [3.05, 3.63) is 120 Å². The molecule has 5 aromatic carbocycles. The normalized spacial score (nSPS) is 13.0. The van der Waals surface area contributed by atoms with E-state index in [2.05, 4.69) is 36.4 Å². The highest BCUT2D eigenvalue weighted by atomic mass is 16.5. The Hall–Kier alpha value is -4.31. The van der Waals surface area contributed by atoms with E-state index in [0.717, 1.165) is 32.7 Å². The summed E-state index contributed by atoms with van der Waals surface area (Å²) in [6.45, 7) is 1.80. The minimum atomic E-state index is -1.35. The summed E-state index contributed by atoms with van der Waals surface area (Å²) in [5.41, 5.74) is 1.17. The number of ether oxygens (including phenoxy) is 2. The van der Waals surface area contributed by atoms with Gasteiger partial charge < -0.3 is 14.6 Å².